The molecule has 0 N–H and O–H groups in total. The molecule has 0 bridgehead atoms. The van der Waals surface area contributed by atoms with Crippen LogP contribution in [0.3, 0.4) is 0 Å². The molecule has 3 aliphatic heterocycles. The molecule has 1 unspecified atom stereocenters. The van der Waals surface area contributed by atoms with E-state index in [1.54, 1.807) is 10.6 Å². The predicted octanol–water partition coefficient (Wildman–Crippen LogP) is 1.88. The third kappa shape index (κ3) is 3.05. The lowest BCUT2D eigenvalue weighted by Crippen LogP contribution is -2.58. The van der Waals surface area contributed by atoms with Crippen LogP contribution in [-0.2, 0) is 17.5 Å². The van der Waals surface area contributed by atoms with Gasteiger partial charge >= 0.3 is 6.18 Å². The van der Waals surface area contributed by atoms with Crippen LogP contribution in [0.2, 0.25) is 0 Å². The molecular formula is C20H20F3N5O2. The van der Waals surface area contributed by atoms with E-state index in [1.807, 2.05) is 9.80 Å². The van der Waals surface area contributed by atoms with Gasteiger partial charge in [-0.15, -0.1) is 0 Å². The second-order valence-electron chi connectivity index (χ2n) is 8.40. The highest BCUT2D eigenvalue weighted by Gasteiger charge is 2.50. The molecule has 5 rings (SSSR count). The van der Waals surface area contributed by atoms with Crippen molar-refractivity contribution < 1.29 is 18.0 Å². The minimum Gasteiger partial charge on any atom is -0.370 e. The van der Waals surface area contributed by atoms with Gasteiger partial charge in [0.2, 0.25) is 5.91 Å². The van der Waals surface area contributed by atoms with Crippen LogP contribution in [-0.4, -0.2) is 51.5 Å². The number of aromatic nitrogens is 3. The van der Waals surface area contributed by atoms with Crippen molar-refractivity contribution in [1.29, 1.82) is 0 Å². The first kappa shape index (κ1) is 19.1. The molecule has 1 amide bonds. The van der Waals surface area contributed by atoms with Crippen molar-refractivity contribution in [2.24, 2.45) is 5.41 Å². The molecule has 0 radical (unpaired) electrons. The van der Waals surface area contributed by atoms with E-state index < -0.39 is 17.8 Å². The van der Waals surface area contributed by atoms with E-state index >= 15 is 0 Å². The smallest absolute Gasteiger partial charge is 0.370 e. The number of carbonyl (C=O) groups excluding carboxylic acids is 1. The summed E-state index contributed by atoms with van der Waals surface area (Å²) < 4.78 is 40.3. The topological polar surface area (TPSA) is 71.3 Å². The monoisotopic (exact) mass is 419 g/mol. The SMILES string of the molecule is O=C(C1CCn2c1nccc2=O)N1CCC2(C1)CN(c1ccnc(C(F)(F)F)c1)C2. The van der Waals surface area contributed by atoms with Crippen molar-refractivity contribution in [2.45, 2.75) is 31.5 Å². The van der Waals surface area contributed by atoms with E-state index in [0.717, 1.165) is 12.5 Å². The first-order valence-corrected chi connectivity index (χ1v) is 9.89. The summed E-state index contributed by atoms with van der Waals surface area (Å²) in [6, 6.07) is 4.05. The van der Waals surface area contributed by atoms with Crippen LogP contribution in [0.1, 0.15) is 30.3 Å². The highest BCUT2D eigenvalue weighted by atomic mass is 19.4. The third-order valence-corrected chi connectivity index (χ3v) is 6.42. The number of likely N-dealkylation sites (tertiary alicyclic amines) is 1. The van der Waals surface area contributed by atoms with Gasteiger partial charge in [0.15, 0.2) is 0 Å². The second kappa shape index (κ2) is 6.55. The Bertz CT molecular complexity index is 1060. The van der Waals surface area contributed by atoms with Crippen LogP contribution >= 0.6 is 0 Å². The lowest BCUT2D eigenvalue weighted by Gasteiger charge is -2.49. The molecule has 3 aliphatic rings. The molecule has 2 fully saturated rings. The van der Waals surface area contributed by atoms with Crippen molar-refractivity contribution in [3.05, 3.63) is 52.5 Å². The van der Waals surface area contributed by atoms with E-state index in [9.17, 15) is 22.8 Å². The number of halogens is 3. The van der Waals surface area contributed by atoms with Gasteiger partial charge in [-0.2, -0.15) is 13.2 Å². The summed E-state index contributed by atoms with van der Waals surface area (Å²) in [5, 5.41) is 0. The molecule has 158 valence electrons. The molecule has 0 aliphatic carbocycles. The highest BCUT2D eigenvalue weighted by Crippen LogP contribution is 2.43. The molecule has 1 spiro atoms. The average Bonchev–Trinajstić information content (AvgIpc) is 3.32. The molecular weight excluding hydrogens is 399 g/mol. The van der Waals surface area contributed by atoms with Crippen molar-refractivity contribution in [3.8, 4) is 0 Å². The number of rotatable bonds is 2. The Morgan fingerprint density at radius 1 is 1.10 bits per heavy atom. The maximum absolute atomic E-state index is 13.1. The molecule has 2 saturated heterocycles. The maximum atomic E-state index is 13.1. The number of alkyl halides is 3. The molecule has 1 atom stereocenters. The minimum atomic E-state index is -4.47. The Balaban J connectivity index is 1.25. The van der Waals surface area contributed by atoms with Gasteiger partial charge in [0.1, 0.15) is 11.5 Å². The van der Waals surface area contributed by atoms with Crippen molar-refractivity contribution in [3.63, 3.8) is 0 Å². The van der Waals surface area contributed by atoms with Crippen LogP contribution in [0.15, 0.2) is 35.4 Å². The summed E-state index contributed by atoms with van der Waals surface area (Å²) in [5.74, 6) is 0.109. The van der Waals surface area contributed by atoms with E-state index in [4.69, 9.17) is 0 Å². The third-order valence-electron chi connectivity index (χ3n) is 6.42. The summed E-state index contributed by atoms with van der Waals surface area (Å²) in [4.78, 5) is 36.4. The zero-order chi connectivity index (χ0) is 21.1. The minimum absolute atomic E-state index is 0.0158. The van der Waals surface area contributed by atoms with Crippen LogP contribution in [0.4, 0.5) is 18.9 Å². The Hall–Kier alpha value is -2.91. The fourth-order valence-electron chi connectivity index (χ4n) is 4.89. The number of fused-ring (bicyclic) bond motifs is 1. The van der Waals surface area contributed by atoms with Gasteiger partial charge in [0.25, 0.3) is 5.56 Å². The van der Waals surface area contributed by atoms with Crippen molar-refractivity contribution in [1.82, 2.24) is 19.4 Å². The Morgan fingerprint density at radius 2 is 1.87 bits per heavy atom. The Kier molecular flexibility index (Phi) is 4.16. The number of anilines is 1. The largest absolute Gasteiger partial charge is 0.433 e. The van der Waals surface area contributed by atoms with Gasteiger partial charge in [0.05, 0.1) is 5.92 Å². The number of amides is 1. The van der Waals surface area contributed by atoms with E-state index in [0.29, 0.717) is 50.7 Å². The Labute approximate surface area is 170 Å². The fourth-order valence-corrected chi connectivity index (χ4v) is 4.89. The van der Waals surface area contributed by atoms with E-state index in [1.165, 1.54) is 18.5 Å². The molecule has 2 aromatic rings. The van der Waals surface area contributed by atoms with Crippen LogP contribution in [0.25, 0.3) is 0 Å². The average molecular weight is 419 g/mol. The van der Waals surface area contributed by atoms with Gasteiger partial charge in [0, 0.05) is 62.3 Å². The molecule has 10 heteroatoms. The standard InChI is InChI=1S/C20H20F3N5O2/c21-20(22,23)15-9-13(1-5-24-15)27-11-19(12-27)4-8-26(10-19)18(30)14-3-7-28-16(29)2-6-25-17(14)28/h1-2,5-6,9,14H,3-4,7-8,10-12H2. The summed E-state index contributed by atoms with van der Waals surface area (Å²) in [5.41, 5.74) is -0.633. The fraction of sp³-hybridized carbons (Fsp3) is 0.500. The predicted molar refractivity (Wildman–Crippen MR) is 101 cm³/mol. The molecule has 5 heterocycles. The molecule has 7 nitrogen and oxygen atoms in total. The number of nitrogens with zero attached hydrogens (tertiary/aromatic N) is 5. The molecule has 30 heavy (non-hydrogen) atoms. The van der Waals surface area contributed by atoms with E-state index in [-0.39, 0.29) is 16.9 Å². The summed E-state index contributed by atoms with van der Waals surface area (Å²) in [6.07, 6.45) is -0.464. The summed E-state index contributed by atoms with van der Waals surface area (Å²) >= 11 is 0. The van der Waals surface area contributed by atoms with Gasteiger partial charge in [-0.05, 0) is 25.0 Å². The first-order valence-electron chi connectivity index (χ1n) is 9.89. The maximum Gasteiger partial charge on any atom is 0.433 e. The number of hydrogen-bond acceptors (Lipinski definition) is 5. The van der Waals surface area contributed by atoms with Gasteiger partial charge in [-0.1, -0.05) is 0 Å². The van der Waals surface area contributed by atoms with Gasteiger partial charge in [-0.3, -0.25) is 19.1 Å². The number of carbonyl (C=O) groups is 1. The highest BCUT2D eigenvalue weighted by molar-refractivity contribution is 5.83. The van der Waals surface area contributed by atoms with E-state index in [2.05, 4.69) is 9.97 Å². The number of pyridine rings is 1. The molecule has 0 saturated carbocycles. The first-order chi connectivity index (χ1) is 14.3. The second-order valence-corrected chi connectivity index (χ2v) is 8.40. The van der Waals surface area contributed by atoms with Crippen LogP contribution in [0, 0.1) is 5.41 Å². The molecule has 2 aromatic heterocycles. The quantitative estimate of drug-likeness (QED) is 0.744. The van der Waals surface area contributed by atoms with Crippen molar-refractivity contribution >= 4 is 11.6 Å². The number of hydrogen-bond donors (Lipinski definition) is 0. The lowest BCUT2D eigenvalue weighted by molar-refractivity contribution is -0.141. The summed E-state index contributed by atoms with van der Waals surface area (Å²) in [6.45, 7) is 2.90. The van der Waals surface area contributed by atoms with Gasteiger partial charge in [-0.25, -0.2) is 4.98 Å². The zero-order valence-electron chi connectivity index (χ0n) is 16.1. The normalized spacial score (nSPS) is 22.3. The summed E-state index contributed by atoms with van der Waals surface area (Å²) in [7, 11) is 0. The lowest BCUT2D eigenvalue weighted by atomic mass is 9.78. The zero-order valence-corrected chi connectivity index (χ0v) is 16.1. The van der Waals surface area contributed by atoms with Gasteiger partial charge < -0.3 is 9.80 Å². The molecule has 0 aromatic carbocycles. The Morgan fingerprint density at radius 3 is 2.63 bits per heavy atom. The van der Waals surface area contributed by atoms with Crippen LogP contribution in [0.5, 0.6) is 0 Å². The van der Waals surface area contributed by atoms with Crippen LogP contribution < -0.4 is 10.5 Å². The van der Waals surface area contributed by atoms with Crippen molar-refractivity contribution in [2.75, 3.05) is 31.1 Å².